The van der Waals surface area contributed by atoms with E-state index in [1.165, 1.54) is 37.3 Å². The predicted molar refractivity (Wildman–Crippen MR) is 77.6 cm³/mol. The van der Waals surface area contributed by atoms with Crippen LogP contribution in [0.1, 0.15) is 12.5 Å². The van der Waals surface area contributed by atoms with Crippen LogP contribution in [0.5, 0.6) is 0 Å². The monoisotopic (exact) mass is 311 g/mol. The minimum absolute atomic E-state index is 0.0158. The van der Waals surface area contributed by atoms with E-state index in [2.05, 4.69) is 11.9 Å². The van der Waals surface area contributed by atoms with Crippen LogP contribution in [0.2, 0.25) is 0 Å². The third-order valence-electron chi connectivity index (χ3n) is 2.86. The number of carbonyl (C=O) groups excluding carboxylic acids is 1. The molecule has 0 saturated heterocycles. The fraction of sp³-hybridized carbons (Fsp3) is 0.286. The number of benzene rings is 1. The molecule has 0 aromatic heterocycles. The predicted octanol–water partition coefficient (Wildman–Crippen LogP) is 0.778. The molecule has 0 aliphatic rings. The molecule has 1 rings (SSSR count). The van der Waals surface area contributed by atoms with Crippen LogP contribution in [-0.4, -0.2) is 37.2 Å². The Kier molecular flexibility index (Phi) is 5.66. The summed E-state index contributed by atoms with van der Waals surface area (Å²) in [6.45, 7) is 4.93. The van der Waals surface area contributed by atoms with Crippen molar-refractivity contribution in [2.75, 3.05) is 6.54 Å². The summed E-state index contributed by atoms with van der Waals surface area (Å²) in [5.41, 5.74) is 0.491. The van der Waals surface area contributed by atoms with E-state index in [9.17, 15) is 18.0 Å². The Hall–Kier alpha value is -2.15. The number of amides is 1. The van der Waals surface area contributed by atoms with E-state index in [0.717, 1.165) is 0 Å². The second kappa shape index (κ2) is 7.03. The van der Waals surface area contributed by atoms with Crippen molar-refractivity contribution in [1.82, 2.24) is 5.32 Å². The average molecular weight is 311 g/mol. The molecule has 1 aromatic carbocycles. The molecule has 7 heteroatoms. The van der Waals surface area contributed by atoms with E-state index in [1.807, 2.05) is 0 Å². The first kappa shape index (κ1) is 16.9. The lowest BCUT2D eigenvalue weighted by molar-refractivity contribution is -0.136. The second-order valence-corrected chi connectivity index (χ2v) is 6.70. The molecule has 0 bridgehead atoms. The Balaban J connectivity index is 2.94. The van der Waals surface area contributed by atoms with Crippen LogP contribution in [-0.2, 0) is 25.8 Å². The van der Waals surface area contributed by atoms with Gasteiger partial charge >= 0.3 is 5.97 Å². The van der Waals surface area contributed by atoms with Crippen molar-refractivity contribution in [3.63, 3.8) is 0 Å². The van der Waals surface area contributed by atoms with Crippen LogP contribution in [0.15, 0.2) is 41.8 Å². The highest BCUT2D eigenvalue weighted by molar-refractivity contribution is 7.92. The number of carbonyl (C=O) groups is 2. The number of carboxylic acid groups (broad SMARTS) is 1. The molecular formula is C14H17NO5S. The summed E-state index contributed by atoms with van der Waals surface area (Å²) in [6, 6.07) is 5.47. The molecule has 6 nitrogen and oxygen atoms in total. The molecule has 0 radical (unpaired) electrons. The maximum Gasteiger partial charge on any atom is 0.307 e. The third kappa shape index (κ3) is 4.42. The molecule has 0 aliphatic heterocycles. The largest absolute Gasteiger partial charge is 0.481 e. The van der Waals surface area contributed by atoms with Gasteiger partial charge in [0, 0.05) is 6.54 Å². The first-order valence-corrected chi connectivity index (χ1v) is 7.77. The van der Waals surface area contributed by atoms with E-state index in [4.69, 9.17) is 5.11 Å². The molecule has 0 fully saturated rings. The Bertz CT molecular complexity index is 634. The van der Waals surface area contributed by atoms with E-state index < -0.39 is 27.0 Å². The topological polar surface area (TPSA) is 101 Å². The average Bonchev–Trinajstić information content (AvgIpc) is 2.43. The van der Waals surface area contributed by atoms with Gasteiger partial charge in [0.05, 0.1) is 11.3 Å². The number of carboxylic acids is 1. The summed E-state index contributed by atoms with van der Waals surface area (Å²) in [6.07, 6.45) is 1.27. The van der Waals surface area contributed by atoms with Gasteiger partial charge in [-0.2, -0.15) is 0 Å². The van der Waals surface area contributed by atoms with Gasteiger partial charge in [-0.1, -0.05) is 18.2 Å². The lowest BCUT2D eigenvalue weighted by Gasteiger charge is -2.13. The molecule has 21 heavy (non-hydrogen) atoms. The fourth-order valence-corrected chi connectivity index (χ4v) is 2.92. The Morgan fingerprint density at radius 3 is 2.38 bits per heavy atom. The number of nitrogens with one attached hydrogen (secondary N) is 1. The molecule has 0 heterocycles. The van der Waals surface area contributed by atoms with Crippen LogP contribution in [0.4, 0.5) is 0 Å². The van der Waals surface area contributed by atoms with Gasteiger partial charge in [0.15, 0.2) is 9.84 Å². The summed E-state index contributed by atoms with van der Waals surface area (Å²) >= 11 is 0. The number of aliphatic carboxylic acids is 1. The van der Waals surface area contributed by atoms with Crippen LogP contribution in [0.25, 0.3) is 0 Å². The molecule has 0 saturated carbocycles. The standard InChI is InChI=1S/C14H17NO5S/c1-3-8-15-14(18)10(2)21(19,20)12-6-4-11(5-7-12)9-13(16)17/h3-7,10H,1,8-9H2,2H3,(H,15,18)(H,16,17). The third-order valence-corrected chi connectivity index (χ3v) is 4.94. The van der Waals surface area contributed by atoms with Crippen molar-refractivity contribution in [2.45, 2.75) is 23.5 Å². The highest BCUT2D eigenvalue weighted by atomic mass is 32.2. The molecule has 1 unspecified atom stereocenters. The molecule has 1 atom stereocenters. The molecule has 1 aromatic rings. The van der Waals surface area contributed by atoms with E-state index in [-0.39, 0.29) is 17.9 Å². The van der Waals surface area contributed by atoms with E-state index in [0.29, 0.717) is 5.56 Å². The number of hydrogen-bond donors (Lipinski definition) is 2. The Labute approximate surface area is 123 Å². The zero-order chi connectivity index (χ0) is 16.0. The van der Waals surface area contributed by atoms with Crippen molar-refractivity contribution in [3.05, 3.63) is 42.5 Å². The van der Waals surface area contributed by atoms with Crippen molar-refractivity contribution in [2.24, 2.45) is 0 Å². The SMILES string of the molecule is C=CCNC(=O)C(C)S(=O)(=O)c1ccc(CC(=O)O)cc1. The normalized spacial score (nSPS) is 12.4. The maximum atomic E-state index is 12.3. The summed E-state index contributed by atoms with van der Waals surface area (Å²) in [5.74, 6) is -1.60. The Morgan fingerprint density at radius 2 is 1.90 bits per heavy atom. The quantitative estimate of drug-likeness (QED) is 0.725. The molecular weight excluding hydrogens is 294 g/mol. The second-order valence-electron chi connectivity index (χ2n) is 4.44. The van der Waals surface area contributed by atoms with Gasteiger partial charge < -0.3 is 10.4 Å². The zero-order valence-electron chi connectivity index (χ0n) is 11.6. The Morgan fingerprint density at radius 1 is 1.33 bits per heavy atom. The lowest BCUT2D eigenvalue weighted by atomic mass is 10.2. The van der Waals surface area contributed by atoms with Crippen molar-refractivity contribution in [1.29, 1.82) is 0 Å². The molecule has 114 valence electrons. The van der Waals surface area contributed by atoms with Crippen LogP contribution in [0, 0.1) is 0 Å². The fourth-order valence-electron chi connectivity index (χ4n) is 1.63. The van der Waals surface area contributed by atoms with Gasteiger partial charge in [-0.05, 0) is 24.6 Å². The van der Waals surface area contributed by atoms with Gasteiger partial charge in [0.1, 0.15) is 5.25 Å². The zero-order valence-corrected chi connectivity index (χ0v) is 12.4. The lowest BCUT2D eigenvalue weighted by Crippen LogP contribution is -2.37. The summed E-state index contributed by atoms with van der Waals surface area (Å²) in [4.78, 5) is 22.3. The first-order chi connectivity index (χ1) is 9.78. The minimum Gasteiger partial charge on any atom is -0.481 e. The van der Waals surface area contributed by atoms with Crippen LogP contribution < -0.4 is 5.32 Å². The van der Waals surface area contributed by atoms with Gasteiger partial charge in [0.2, 0.25) is 5.91 Å². The van der Waals surface area contributed by atoms with Crippen molar-refractivity contribution < 1.29 is 23.1 Å². The van der Waals surface area contributed by atoms with Crippen molar-refractivity contribution >= 4 is 21.7 Å². The number of hydrogen-bond acceptors (Lipinski definition) is 4. The van der Waals surface area contributed by atoms with Gasteiger partial charge in [0.25, 0.3) is 0 Å². The first-order valence-electron chi connectivity index (χ1n) is 6.22. The summed E-state index contributed by atoms with van der Waals surface area (Å²) in [7, 11) is -3.81. The minimum atomic E-state index is -3.81. The highest BCUT2D eigenvalue weighted by Gasteiger charge is 2.29. The molecule has 0 aliphatic carbocycles. The number of sulfone groups is 1. The van der Waals surface area contributed by atoms with Gasteiger partial charge in [-0.15, -0.1) is 6.58 Å². The molecule has 0 spiro atoms. The van der Waals surface area contributed by atoms with Crippen LogP contribution >= 0.6 is 0 Å². The van der Waals surface area contributed by atoms with E-state index in [1.54, 1.807) is 0 Å². The molecule has 2 N–H and O–H groups in total. The smallest absolute Gasteiger partial charge is 0.307 e. The van der Waals surface area contributed by atoms with Crippen LogP contribution in [0.3, 0.4) is 0 Å². The van der Waals surface area contributed by atoms with Gasteiger partial charge in [-0.3, -0.25) is 9.59 Å². The molecule has 1 amide bonds. The van der Waals surface area contributed by atoms with Crippen molar-refractivity contribution in [3.8, 4) is 0 Å². The summed E-state index contributed by atoms with van der Waals surface area (Å²) in [5, 5.41) is 9.86. The highest BCUT2D eigenvalue weighted by Crippen LogP contribution is 2.17. The number of rotatable bonds is 7. The maximum absolute atomic E-state index is 12.3. The van der Waals surface area contributed by atoms with E-state index >= 15 is 0 Å². The van der Waals surface area contributed by atoms with Gasteiger partial charge in [-0.25, -0.2) is 8.42 Å². The summed E-state index contributed by atoms with van der Waals surface area (Å²) < 4.78 is 24.5.